The van der Waals surface area contributed by atoms with E-state index in [0.29, 0.717) is 24.2 Å². The number of carbonyl (C=O) groups excluding carboxylic acids is 1. The van der Waals surface area contributed by atoms with Crippen molar-refractivity contribution in [2.75, 3.05) is 6.54 Å². The maximum Gasteiger partial charge on any atom is 0.187 e. The van der Waals surface area contributed by atoms with Crippen LogP contribution in [0.15, 0.2) is 33.8 Å². The Kier molecular flexibility index (Phi) is 6.08. The molecular formula is C24H29F2N5O2S. The number of halogens is 2. The van der Waals surface area contributed by atoms with Crippen LogP contribution in [-0.2, 0) is 21.7 Å². The van der Waals surface area contributed by atoms with Crippen molar-refractivity contribution >= 4 is 21.3 Å². The third-order valence-electron chi connectivity index (χ3n) is 6.90. The monoisotopic (exact) mass is 489 g/mol. The SMILES string of the molecule is Cc1cc(F)cnc1C(=O)Cc1ccc(F)c([C@@]2(C)N=C(N)C(C)(C)[S@]3(=O)=NCCCC[C@@H]23)n1. The highest BCUT2D eigenvalue weighted by molar-refractivity contribution is 7.96. The van der Waals surface area contributed by atoms with Crippen molar-refractivity contribution in [3.05, 3.63) is 58.7 Å². The van der Waals surface area contributed by atoms with Gasteiger partial charge in [0.1, 0.15) is 39.1 Å². The zero-order valence-corrected chi connectivity index (χ0v) is 20.6. The summed E-state index contributed by atoms with van der Waals surface area (Å²) in [6.07, 6.45) is 2.94. The van der Waals surface area contributed by atoms with Gasteiger partial charge in [-0.1, -0.05) is 6.42 Å². The molecule has 0 bridgehead atoms. The Labute approximate surface area is 198 Å². The average Bonchev–Trinajstić information content (AvgIpc) is 2.97. The molecule has 0 aromatic carbocycles. The van der Waals surface area contributed by atoms with Crippen molar-refractivity contribution < 1.29 is 17.8 Å². The number of hydrogen-bond donors (Lipinski definition) is 1. The minimum Gasteiger partial charge on any atom is -0.386 e. The van der Waals surface area contributed by atoms with E-state index in [-0.39, 0.29) is 29.4 Å². The molecule has 3 atom stereocenters. The summed E-state index contributed by atoms with van der Waals surface area (Å²) in [5, 5.41) is -0.584. The molecule has 10 heteroatoms. The number of pyridine rings is 2. The third-order valence-corrected chi connectivity index (χ3v) is 10.6. The summed E-state index contributed by atoms with van der Waals surface area (Å²) in [4.78, 5) is 25.9. The van der Waals surface area contributed by atoms with Crippen molar-refractivity contribution in [1.29, 1.82) is 0 Å². The van der Waals surface area contributed by atoms with Crippen LogP contribution in [0.5, 0.6) is 0 Å². The van der Waals surface area contributed by atoms with E-state index in [1.165, 1.54) is 18.2 Å². The number of fused-ring (bicyclic) bond motifs is 1. The molecule has 0 saturated carbocycles. The highest BCUT2D eigenvalue weighted by Crippen LogP contribution is 2.46. The summed E-state index contributed by atoms with van der Waals surface area (Å²) in [6.45, 7) is 7.29. The standard InChI is InChI=1S/C24H29F2N5O2S/c1-14-11-15(25)13-28-20(14)18(32)12-16-8-9-17(26)21(30-16)24(4)19-7-5-6-10-29-34(19,33)23(2,3)22(27)31-24/h8-9,11,13,19H,5-7,10,12H2,1-4H3,(H2,27,31)/t19-,24-,34-/m0/s1. The Morgan fingerprint density at radius 2 is 1.97 bits per heavy atom. The molecule has 0 fully saturated rings. The predicted octanol–water partition coefficient (Wildman–Crippen LogP) is 3.87. The summed E-state index contributed by atoms with van der Waals surface area (Å²) in [5.74, 6) is -1.36. The predicted molar refractivity (Wildman–Crippen MR) is 127 cm³/mol. The molecule has 0 amide bonds. The van der Waals surface area contributed by atoms with Crippen molar-refractivity contribution in [3.8, 4) is 0 Å². The molecule has 0 aliphatic carbocycles. The molecule has 0 spiro atoms. The van der Waals surface area contributed by atoms with Gasteiger partial charge in [0, 0.05) is 12.2 Å². The highest BCUT2D eigenvalue weighted by atomic mass is 32.2. The topological polar surface area (TPSA) is 111 Å². The zero-order valence-electron chi connectivity index (χ0n) is 19.8. The second-order valence-electron chi connectivity index (χ2n) is 9.61. The first kappa shape index (κ1) is 24.4. The lowest BCUT2D eigenvalue weighted by Gasteiger charge is -2.46. The van der Waals surface area contributed by atoms with Gasteiger partial charge in [-0.25, -0.2) is 22.3 Å². The molecular weight excluding hydrogens is 460 g/mol. The van der Waals surface area contributed by atoms with E-state index in [2.05, 4.69) is 19.3 Å². The molecule has 34 heavy (non-hydrogen) atoms. The van der Waals surface area contributed by atoms with Gasteiger partial charge >= 0.3 is 0 Å². The third kappa shape index (κ3) is 3.81. The first-order chi connectivity index (χ1) is 15.9. The van der Waals surface area contributed by atoms with Crippen LogP contribution in [0, 0.1) is 18.6 Å². The number of aromatic nitrogens is 2. The Morgan fingerprint density at radius 1 is 1.24 bits per heavy atom. The van der Waals surface area contributed by atoms with Crippen LogP contribution < -0.4 is 5.73 Å². The largest absolute Gasteiger partial charge is 0.386 e. The van der Waals surface area contributed by atoms with Crippen molar-refractivity contribution in [3.63, 3.8) is 0 Å². The number of nitrogens with zero attached hydrogens (tertiary/aromatic N) is 4. The number of hydrogen-bond acceptors (Lipinski definition) is 7. The number of amidine groups is 1. The molecule has 7 nitrogen and oxygen atoms in total. The number of aryl methyl sites for hydroxylation is 1. The molecule has 2 N–H and O–H groups in total. The summed E-state index contributed by atoms with van der Waals surface area (Å²) in [6, 6.07) is 3.90. The van der Waals surface area contributed by atoms with E-state index in [1.54, 1.807) is 27.7 Å². The van der Waals surface area contributed by atoms with Gasteiger partial charge in [0.25, 0.3) is 0 Å². The van der Waals surface area contributed by atoms with Gasteiger partial charge in [0.15, 0.2) is 5.78 Å². The first-order valence-electron chi connectivity index (χ1n) is 11.3. The van der Waals surface area contributed by atoms with E-state index in [0.717, 1.165) is 19.0 Å². The fourth-order valence-electron chi connectivity index (χ4n) is 4.83. The Bertz CT molecular complexity index is 1320. The summed E-state index contributed by atoms with van der Waals surface area (Å²) < 4.78 is 46.6. The highest BCUT2D eigenvalue weighted by Gasteiger charge is 2.56. The van der Waals surface area contributed by atoms with Gasteiger partial charge in [-0.05, 0) is 64.3 Å². The minimum atomic E-state index is -2.91. The van der Waals surface area contributed by atoms with Crippen LogP contribution in [0.3, 0.4) is 0 Å². The number of carbonyl (C=O) groups is 1. The fraction of sp³-hybridized carbons (Fsp3) is 0.500. The van der Waals surface area contributed by atoms with Crippen LogP contribution in [0.1, 0.15) is 67.5 Å². The summed E-state index contributed by atoms with van der Waals surface area (Å²) in [7, 11) is -2.91. The van der Waals surface area contributed by atoms with Gasteiger partial charge in [0.2, 0.25) is 0 Å². The summed E-state index contributed by atoms with van der Waals surface area (Å²) >= 11 is 0. The summed E-state index contributed by atoms with van der Waals surface area (Å²) in [5.41, 5.74) is 5.85. The maximum absolute atomic E-state index is 15.2. The molecule has 2 aromatic rings. The molecule has 0 radical (unpaired) electrons. The smallest absolute Gasteiger partial charge is 0.187 e. The van der Waals surface area contributed by atoms with E-state index in [4.69, 9.17) is 5.73 Å². The molecule has 2 aliphatic rings. The van der Waals surface area contributed by atoms with Gasteiger partial charge in [-0.15, -0.1) is 0 Å². The molecule has 0 unspecified atom stereocenters. The lowest BCUT2D eigenvalue weighted by atomic mass is 9.88. The lowest BCUT2D eigenvalue weighted by Crippen LogP contribution is -2.59. The molecule has 0 saturated heterocycles. The second kappa shape index (κ2) is 8.48. The van der Waals surface area contributed by atoms with E-state index >= 15 is 4.39 Å². The quantitative estimate of drug-likeness (QED) is 0.656. The van der Waals surface area contributed by atoms with Gasteiger partial charge in [-0.3, -0.25) is 14.8 Å². The average molecular weight is 490 g/mol. The zero-order chi connectivity index (χ0) is 24.9. The molecule has 2 aliphatic heterocycles. The number of Topliss-reactive ketones (excluding diaryl/α,β-unsaturated/α-hetero) is 1. The van der Waals surface area contributed by atoms with E-state index in [9.17, 15) is 13.4 Å². The first-order valence-corrected chi connectivity index (χ1v) is 12.9. The van der Waals surface area contributed by atoms with E-state index < -0.39 is 36.9 Å². The van der Waals surface area contributed by atoms with Gasteiger partial charge in [-0.2, -0.15) is 0 Å². The number of aliphatic imine (C=N–C) groups is 1. The molecule has 182 valence electrons. The maximum atomic E-state index is 15.2. The fourth-order valence-corrected chi connectivity index (χ4v) is 8.06. The van der Waals surface area contributed by atoms with Crippen LogP contribution >= 0.6 is 0 Å². The minimum absolute atomic E-state index is 0.00476. The van der Waals surface area contributed by atoms with E-state index in [1.807, 2.05) is 0 Å². The van der Waals surface area contributed by atoms with Gasteiger partial charge in [0.05, 0.1) is 27.6 Å². The number of rotatable bonds is 4. The number of nitrogens with two attached hydrogens (primary N) is 1. The van der Waals surface area contributed by atoms with Crippen LogP contribution in [0.2, 0.25) is 0 Å². The Hall–Kier alpha value is -2.75. The normalized spacial score (nSPS) is 28.3. The van der Waals surface area contributed by atoms with Crippen LogP contribution in [-0.4, -0.2) is 42.3 Å². The van der Waals surface area contributed by atoms with Gasteiger partial charge < -0.3 is 5.73 Å². The number of ketones is 1. The van der Waals surface area contributed by atoms with Crippen LogP contribution in [0.4, 0.5) is 8.78 Å². The van der Waals surface area contributed by atoms with Crippen LogP contribution in [0.25, 0.3) is 0 Å². The second-order valence-corrected chi connectivity index (χ2v) is 12.6. The Morgan fingerprint density at radius 3 is 2.68 bits per heavy atom. The van der Waals surface area contributed by atoms with Crippen molar-refractivity contribution in [1.82, 2.24) is 9.97 Å². The Balaban J connectivity index is 1.80. The lowest BCUT2D eigenvalue weighted by molar-refractivity contribution is 0.0986. The van der Waals surface area contributed by atoms with Crippen molar-refractivity contribution in [2.45, 2.75) is 68.9 Å². The molecule has 2 aromatic heterocycles. The molecule has 4 rings (SSSR count). The molecule has 4 heterocycles. The van der Waals surface area contributed by atoms with Crippen molar-refractivity contribution in [2.24, 2.45) is 15.1 Å².